The van der Waals surface area contributed by atoms with Gasteiger partial charge < -0.3 is 15.5 Å². The molecule has 108 valence electrons. The van der Waals surface area contributed by atoms with Gasteiger partial charge in [-0.05, 0) is 18.4 Å². The van der Waals surface area contributed by atoms with Crippen molar-refractivity contribution in [1.82, 2.24) is 5.32 Å². The zero-order valence-electron chi connectivity index (χ0n) is 11.2. The number of carbonyl (C=O) groups is 2. The molecule has 1 amide bonds. The highest BCUT2D eigenvalue weighted by molar-refractivity contribution is 5.89. The molecule has 1 aliphatic carbocycles. The number of carboxylic acid groups (broad SMARTS) is 1. The molecule has 0 aromatic heterocycles. The minimum atomic E-state index is -0.903. The molecule has 1 saturated carbocycles. The molecule has 3 unspecified atom stereocenters. The number of hydrogen-bond acceptors (Lipinski definition) is 3. The molecular weight excluding hydrogens is 258 g/mol. The van der Waals surface area contributed by atoms with E-state index in [4.69, 9.17) is 10.2 Å². The predicted octanol–water partition coefficient (Wildman–Crippen LogP) is 0.989. The molecule has 3 N–H and O–H groups in total. The summed E-state index contributed by atoms with van der Waals surface area (Å²) in [6, 6.07) is 9.68. The number of aliphatic hydroxyl groups is 1. The Hall–Kier alpha value is -1.88. The lowest BCUT2D eigenvalue weighted by molar-refractivity contribution is -0.140. The van der Waals surface area contributed by atoms with E-state index in [1.54, 1.807) is 0 Å². The lowest BCUT2D eigenvalue weighted by atomic mass is 9.96. The van der Waals surface area contributed by atoms with E-state index in [9.17, 15) is 9.59 Å². The van der Waals surface area contributed by atoms with Gasteiger partial charge in [0.25, 0.3) is 0 Å². The number of carboxylic acids is 1. The zero-order valence-corrected chi connectivity index (χ0v) is 11.2. The highest BCUT2D eigenvalue weighted by Crippen LogP contribution is 2.38. The Bertz CT molecular complexity index is 474. The maximum absolute atomic E-state index is 11.8. The third kappa shape index (κ3) is 3.57. The van der Waals surface area contributed by atoms with Crippen molar-refractivity contribution in [2.24, 2.45) is 11.8 Å². The summed E-state index contributed by atoms with van der Waals surface area (Å²) in [5.41, 5.74) is 1.06. The number of aliphatic hydroxyl groups excluding tert-OH is 1. The SMILES string of the molecule is O=C(O)C1CC1C(=O)NCC(CCO)c1ccccc1. The highest BCUT2D eigenvalue weighted by Gasteiger charge is 2.48. The van der Waals surface area contributed by atoms with Crippen molar-refractivity contribution in [3.05, 3.63) is 35.9 Å². The summed E-state index contributed by atoms with van der Waals surface area (Å²) >= 11 is 0. The van der Waals surface area contributed by atoms with Crippen molar-refractivity contribution < 1.29 is 19.8 Å². The van der Waals surface area contributed by atoms with Gasteiger partial charge in [-0.15, -0.1) is 0 Å². The Balaban J connectivity index is 1.87. The quantitative estimate of drug-likeness (QED) is 0.693. The smallest absolute Gasteiger partial charge is 0.307 e. The summed E-state index contributed by atoms with van der Waals surface area (Å²) in [5, 5.41) is 20.7. The first kappa shape index (κ1) is 14.5. The number of rotatable bonds is 7. The largest absolute Gasteiger partial charge is 0.481 e. The predicted molar refractivity (Wildman–Crippen MR) is 73.1 cm³/mol. The summed E-state index contributed by atoms with van der Waals surface area (Å²) in [5.74, 6) is -1.97. The third-order valence-electron chi connectivity index (χ3n) is 3.72. The van der Waals surface area contributed by atoms with Gasteiger partial charge in [0.2, 0.25) is 5.91 Å². The molecule has 1 aliphatic rings. The average Bonchev–Trinajstić information content (AvgIpc) is 3.24. The van der Waals surface area contributed by atoms with Crippen LogP contribution < -0.4 is 5.32 Å². The Morgan fingerprint density at radius 2 is 1.95 bits per heavy atom. The molecule has 0 bridgehead atoms. The molecule has 1 aromatic rings. The minimum absolute atomic E-state index is 0.0483. The van der Waals surface area contributed by atoms with Crippen molar-refractivity contribution in [1.29, 1.82) is 0 Å². The first-order valence-corrected chi connectivity index (χ1v) is 6.79. The Labute approximate surface area is 117 Å². The average molecular weight is 277 g/mol. The fourth-order valence-corrected chi connectivity index (χ4v) is 2.38. The van der Waals surface area contributed by atoms with Crippen LogP contribution in [0.25, 0.3) is 0 Å². The second-order valence-corrected chi connectivity index (χ2v) is 5.15. The van der Waals surface area contributed by atoms with E-state index in [2.05, 4.69) is 5.32 Å². The first-order valence-electron chi connectivity index (χ1n) is 6.79. The molecule has 0 saturated heterocycles. The topological polar surface area (TPSA) is 86.6 Å². The van der Waals surface area contributed by atoms with Gasteiger partial charge in [-0.2, -0.15) is 0 Å². The van der Waals surface area contributed by atoms with Gasteiger partial charge in [-0.25, -0.2) is 0 Å². The molecule has 20 heavy (non-hydrogen) atoms. The molecule has 5 nitrogen and oxygen atoms in total. The first-order chi connectivity index (χ1) is 9.63. The summed E-state index contributed by atoms with van der Waals surface area (Å²) in [7, 11) is 0. The molecule has 1 fully saturated rings. The fourth-order valence-electron chi connectivity index (χ4n) is 2.38. The standard InChI is InChI=1S/C15H19NO4/c17-7-6-11(10-4-2-1-3-5-10)9-16-14(18)12-8-13(12)15(19)20/h1-5,11-13,17H,6-9H2,(H,16,18)(H,19,20). The van der Waals surface area contributed by atoms with E-state index in [0.29, 0.717) is 19.4 Å². The second kappa shape index (κ2) is 6.52. The third-order valence-corrected chi connectivity index (χ3v) is 3.72. The molecule has 3 atom stereocenters. The van der Waals surface area contributed by atoms with Crippen LogP contribution in [0, 0.1) is 11.8 Å². The van der Waals surface area contributed by atoms with Crippen LogP contribution in [0.3, 0.4) is 0 Å². The number of carbonyl (C=O) groups excluding carboxylic acids is 1. The van der Waals surface area contributed by atoms with E-state index in [1.165, 1.54) is 0 Å². The monoisotopic (exact) mass is 277 g/mol. The van der Waals surface area contributed by atoms with E-state index < -0.39 is 17.8 Å². The van der Waals surface area contributed by atoms with Crippen molar-refractivity contribution in [3.8, 4) is 0 Å². The number of hydrogen-bond donors (Lipinski definition) is 3. The molecule has 0 radical (unpaired) electrons. The zero-order chi connectivity index (χ0) is 14.5. The number of nitrogens with one attached hydrogen (secondary N) is 1. The van der Waals surface area contributed by atoms with Crippen LogP contribution in [-0.2, 0) is 9.59 Å². The van der Waals surface area contributed by atoms with Crippen molar-refractivity contribution in [2.75, 3.05) is 13.2 Å². The summed E-state index contributed by atoms with van der Waals surface area (Å²) < 4.78 is 0. The van der Waals surface area contributed by atoms with E-state index >= 15 is 0 Å². The molecule has 0 spiro atoms. The molecular formula is C15H19NO4. The van der Waals surface area contributed by atoms with Crippen LogP contribution in [0.4, 0.5) is 0 Å². The van der Waals surface area contributed by atoms with Crippen LogP contribution in [0.1, 0.15) is 24.3 Å². The number of aliphatic carboxylic acids is 1. The van der Waals surface area contributed by atoms with E-state index in [-0.39, 0.29) is 18.4 Å². The van der Waals surface area contributed by atoms with Crippen LogP contribution >= 0.6 is 0 Å². The van der Waals surface area contributed by atoms with Crippen molar-refractivity contribution in [3.63, 3.8) is 0 Å². The summed E-state index contributed by atoms with van der Waals surface area (Å²) in [6.07, 6.45) is 0.995. The van der Waals surface area contributed by atoms with Crippen molar-refractivity contribution >= 4 is 11.9 Å². The van der Waals surface area contributed by atoms with E-state index in [0.717, 1.165) is 5.56 Å². The lowest BCUT2D eigenvalue weighted by Gasteiger charge is -2.17. The van der Waals surface area contributed by atoms with Gasteiger partial charge in [0.1, 0.15) is 0 Å². The van der Waals surface area contributed by atoms with Crippen molar-refractivity contribution in [2.45, 2.75) is 18.8 Å². The van der Waals surface area contributed by atoms with Crippen LogP contribution in [-0.4, -0.2) is 35.2 Å². The summed E-state index contributed by atoms with van der Waals surface area (Å²) in [4.78, 5) is 22.5. The van der Waals surface area contributed by atoms with E-state index in [1.807, 2.05) is 30.3 Å². The molecule has 2 rings (SSSR count). The fraction of sp³-hybridized carbons (Fsp3) is 0.467. The highest BCUT2D eigenvalue weighted by atomic mass is 16.4. The Morgan fingerprint density at radius 3 is 2.50 bits per heavy atom. The normalized spacial score (nSPS) is 22.1. The minimum Gasteiger partial charge on any atom is -0.481 e. The van der Waals surface area contributed by atoms with Gasteiger partial charge in [-0.1, -0.05) is 30.3 Å². The Morgan fingerprint density at radius 1 is 1.25 bits per heavy atom. The maximum Gasteiger partial charge on any atom is 0.307 e. The van der Waals surface area contributed by atoms with Crippen LogP contribution in [0.2, 0.25) is 0 Å². The Kier molecular flexibility index (Phi) is 4.74. The number of amides is 1. The van der Waals surface area contributed by atoms with Gasteiger partial charge in [0.05, 0.1) is 11.8 Å². The van der Waals surface area contributed by atoms with Crippen LogP contribution in [0.5, 0.6) is 0 Å². The number of benzene rings is 1. The second-order valence-electron chi connectivity index (χ2n) is 5.15. The van der Waals surface area contributed by atoms with Gasteiger partial charge in [0.15, 0.2) is 0 Å². The van der Waals surface area contributed by atoms with Gasteiger partial charge in [-0.3, -0.25) is 9.59 Å². The molecule has 5 heteroatoms. The van der Waals surface area contributed by atoms with Crippen LogP contribution in [0.15, 0.2) is 30.3 Å². The molecule has 0 aliphatic heterocycles. The molecule has 0 heterocycles. The lowest BCUT2D eigenvalue weighted by Crippen LogP contribution is -2.31. The molecule has 1 aromatic carbocycles. The van der Waals surface area contributed by atoms with Gasteiger partial charge >= 0.3 is 5.97 Å². The summed E-state index contributed by atoms with van der Waals surface area (Å²) in [6.45, 7) is 0.475. The van der Waals surface area contributed by atoms with Gasteiger partial charge in [0, 0.05) is 19.1 Å². The maximum atomic E-state index is 11.8.